The van der Waals surface area contributed by atoms with E-state index in [2.05, 4.69) is 4.72 Å². The fraction of sp³-hybridized carbons (Fsp3) is 0.333. The Kier molecular flexibility index (Phi) is 4.81. The van der Waals surface area contributed by atoms with E-state index in [4.69, 9.17) is 9.47 Å². The van der Waals surface area contributed by atoms with Gasteiger partial charge in [-0.25, -0.2) is 17.5 Å². The number of hydrogen-bond donors (Lipinski definition) is 1. The average molecular weight is 395 g/mol. The molecule has 1 N–H and O–H groups in total. The maximum atomic E-state index is 13.6. The largest absolute Gasteiger partial charge is 0.490 e. The van der Waals surface area contributed by atoms with Crippen LogP contribution in [-0.4, -0.2) is 27.4 Å². The lowest BCUT2D eigenvalue weighted by atomic mass is 10.0. The first-order valence-electron chi connectivity index (χ1n) is 8.37. The molecular formula is C18H18FNO4S2. The maximum Gasteiger partial charge on any atom is 0.241 e. The topological polar surface area (TPSA) is 64.6 Å². The van der Waals surface area contributed by atoms with Crippen LogP contribution in [0.15, 0.2) is 46.2 Å². The highest BCUT2D eigenvalue weighted by atomic mass is 32.2. The summed E-state index contributed by atoms with van der Waals surface area (Å²) in [6.45, 7) is 1.02. The molecule has 0 amide bonds. The fourth-order valence-electron chi connectivity index (χ4n) is 3.05. The lowest BCUT2D eigenvalue weighted by Crippen LogP contribution is -2.30. The number of rotatable bonds is 3. The van der Waals surface area contributed by atoms with E-state index in [1.54, 1.807) is 23.9 Å². The van der Waals surface area contributed by atoms with Crippen molar-refractivity contribution in [2.75, 3.05) is 19.0 Å². The number of benzene rings is 2. The molecule has 2 aliphatic heterocycles. The molecule has 0 bridgehead atoms. The van der Waals surface area contributed by atoms with Crippen LogP contribution in [0.1, 0.15) is 24.4 Å². The monoisotopic (exact) mass is 395 g/mol. The minimum atomic E-state index is -3.78. The molecule has 0 aliphatic carbocycles. The van der Waals surface area contributed by atoms with E-state index < -0.39 is 16.1 Å². The van der Waals surface area contributed by atoms with E-state index in [9.17, 15) is 12.8 Å². The molecule has 26 heavy (non-hydrogen) atoms. The highest BCUT2D eigenvalue weighted by molar-refractivity contribution is 7.99. The van der Waals surface area contributed by atoms with Crippen molar-refractivity contribution >= 4 is 21.8 Å². The Morgan fingerprint density at radius 3 is 2.73 bits per heavy atom. The van der Waals surface area contributed by atoms with Crippen LogP contribution in [0.5, 0.6) is 11.5 Å². The average Bonchev–Trinajstić information content (AvgIpc) is 2.87. The Bertz CT molecular complexity index is 933. The van der Waals surface area contributed by atoms with Crippen LogP contribution in [0.2, 0.25) is 0 Å². The van der Waals surface area contributed by atoms with Gasteiger partial charge >= 0.3 is 0 Å². The van der Waals surface area contributed by atoms with Gasteiger partial charge in [-0.05, 0) is 48.1 Å². The zero-order valence-electron chi connectivity index (χ0n) is 13.9. The van der Waals surface area contributed by atoms with E-state index in [1.807, 2.05) is 0 Å². The van der Waals surface area contributed by atoms with Crippen LogP contribution in [0.3, 0.4) is 0 Å². The Balaban J connectivity index is 1.63. The van der Waals surface area contributed by atoms with E-state index in [1.165, 1.54) is 24.3 Å². The van der Waals surface area contributed by atoms with Gasteiger partial charge in [-0.3, -0.25) is 0 Å². The predicted molar refractivity (Wildman–Crippen MR) is 96.9 cm³/mol. The molecule has 5 nitrogen and oxygen atoms in total. The first-order valence-corrected chi connectivity index (χ1v) is 10.8. The number of ether oxygens (including phenoxy) is 2. The van der Waals surface area contributed by atoms with Crippen molar-refractivity contribution in [1.29, 1.82) is 0 Å². The van der Waals surface area contributed by atoms with E-state index in [-0.39, 0.29) is 10.7 Å². The summed E-state index contributed by atoms with van der Waals surface area (Å²) >= 11 is 1.61. The van der Waals surface area contributed by atoms with Gasteiger partial charge < -0.3 is 9.47 Å². The molecule has 0 saturated heterocycles. The summed E-state index contributed by atoms with van der Waals surface area (Å²) in [5.41, 5.74) is 0.680. The standard InChI is InChI=1S/C18H18FNO4S2/c19-12-2-5-18-14(10-12)15(6-9-25-18)20-26(21,22)13-3-4-16-17(11-13)24-8-1-7-23-16/h2-5,10-11,15,20H,1,6-9H2. The molecule has 0 spiro atoms. The molecule has 0 aromatic heterocycles. The summed E-state index contributed by atoms with van der Waals surface area (Å²) < 4.78 is 53.2. The second kappa shape index (κ2) is 7.09. The summed E-state index contributed by atoms with van der Waals surface area (Å²) in [5.74, 6) is 1.37. The first kappa shape index (κ1) is 17.6. The molecule has 4 rings (SSSR count). The van der Waals surface area contributed by atoms with Gasteiger partial charge in [-0.1, -0.05) is 0 Å². The van der Waals surface area contributed by atoms with E-state index >= 15 is 0 Å². The number of halogens is 1. The number of sulfonamides is 1. The Morgan fingerprint density at radius 2 is 1.88 bits per heavy atom. The molecule has 2 aliphatic rings. The third kappa shape index (κ3) is 3.54. The maximum absolute atomic E-state index is 13.6. The Hall–Kier alpha value is -1.77. The van der Waals surface area contributed by atoms with Gasteiger partial charge in [0.05, 0.1) is 18.1 Å². The zero-order chi connectivity index (χ0) is 18.1. The second-order valence-corrected chi connectivity index (χ2v) is 9.00. The first-order chi connectivity index (χ1) is 12.5. The van der Waals surface area contributed by atoms with Crippen LogP contribution in [0.25, 0.3) is 0 Å². The van der Waals surface area contributed by atoms with Crippen molar-refractivity contribution in [2.45, 2.75) is 28.7 Å². The zero-order valence-corrected chi connectivity index (χ0v) is 15.5. The number of hydrogen-bond acceptors (Lipinski definition) is 5. The van der Waals surface area contributed by atoms with E-state index in [0.29, 0.717) is 36.7 Å². The fourth-order valence-corrected chi connectivity index (χ4v) is 5.42. The number of nitrogens with one attached hydrogen (secondary N) is 1. The summed E-state index contributed by atoms with van der Waals surface area (Å²) in [5, 5.41) is 0. The van der Waals surface area contributed by atoms with Gasteiger partial charge in [0.15, 0.2) is 11.5 Å². The van der Waals surface area contributed by atoms with Crippen LogP contribution in [0.4, 0.5) is 4.39 Å². The van der Waals surface area contributed by atoms with E-state index in [0.717, 1.165) is 17.1 Å². The minimum Gasteiger partial charge on any atom is -0.490 e. The third-order valence-electron chi connectivity index (χ3n) is 4.34. The molecule has 138 valence electrons. The smallest absolute Gasteiger partial charge is 0.241 e. The molecule has 1 atom stereocenters. The van der Waals surface area contributed by atoms with Gasteiger partial charge in [0.25, 0.3) is 0 Å². The van der Waals surface area contributed by atoms with Crippen molar-refractivity contribution in [3.63, 3.8) is 0 Å². The SMILES string of the molecule is O=S(=O)(NC1CCSc2ccc(F)cc21)c1ccc2c(c1)OCCCO2. The predicted octanol–water partition coefficient (Wildman–Crippen LogP) is 3.50. The Morgan fingerprint density at radius 1 is 1.08 bits per heavy atom. The van der Waals surface area contributed by atoms with Gasteiger partial charge in [0.2, 0.25) is 10.0 Å². The van der Waals surface area contributed by atoms with Gasteiger partial charge in [0.1, 0.15) is 5.82 Å². The molecule has 2 aromatic carbocycles. The number of fused-ring (bicyclic) bond motifs is 2. The van der Waals surface area contributed by atoms with Crippen molar-refractivity contribution < 1.29 is 22.3 Å². The van der Waals surface area contributed by atoms with Crippen LogP contribution < -0.4 is 14.2 Å². The van der Waals surface area contributed by atoms with Crippen molar-refractivity contribution in [1.82, 2.24) is 4.72 Å². The molecule has 8 heteroatoms. The summed E-state index contributed by atoms with van der Waals surface area (Å²) in [6, 6.07) is 8.63. The molecule has 0 fully saturated rings. The van der Waals surface area contributed by atoms with Crippen LogP contribution in [-0.2, 0) is 10.0 Å². The quantitative estimate of drug-likeness (QED) is 0.862. The van der Waals surface area contributed by atoms with Crippen LogP contribution in [0, 0.1) is 5.82 Å². The van der Waals surface area contributed by atoms with Crippen molar-refractivity contribution in [3.05, 3.63) is 47.8 Å². The normalized spacial score (nSPS) is 19.5. The lowest BCUT2D eigenvalue weighted by Gasteiger charge is -2.26. The molecule has 2 heterocycles. The van der Waals surface area contributed by atoms with Gasteiger partial charge in [-0.2, -0.15) is 0 Å². The molecule has 2 aromatic rings. The second-order valence-electron chi connectivity index (χ2n) is 6.15. The van der Waals surface area contributed by atoms with Gasteiger partial charge in [0, 0.05) is 23.4 Å². The van der Waals surface area contributed by atoms with Crippen molar-refractivity contribution in [3.8, 4) is 11.5 Å². The van der Waals surface area contributed by atoms with Crippen LogP contribution >= 0.6 is 11.8 Å². The summed E-state index contributed by atoms with van der Waals surface area (Å²) in [6.07, 6.45) is 1.35. The van der Waals surface area contributed by atoms with Crippen molar-refractivity contribution in [2.24, 2.45) is 0 Å². The lowest BCUT2D eigenvalue weighted by molar-refractivity contribution is 0.297. The number of thioether (sulfide) groups is 1. The summed E-state index contributed by atoms with van der Waals surface area (Å²) in [4.78, 5) is 1.02. The molecule has 1 unspecified atom stereocenters. The van der Waals surface area contributed by atoms with Gasteiger partial charge in [-0.15, -0.1) is 11.8 Å². The highest BCUT2D eigenvalue weighted by Crippen LogP contribution is 2.38. The molecule has 0 saturated carbocycles. The molecule has 0 radical (unpaired) electrons. The molecular weight excluding hydrogens is 377 g/mol. The summed E-state index contributed by atoms with van der Waals surface area (Å²) in [7, 11) is -3.78. The minimum absolute atomic E-state index is 0.109. The highest BCUT2D eigenvalue weighted by Gasteiger charge is 2.27. The third-order valence-corrected chi connectivity index (χ3v) is 6.93. The Labute approximate surface area is 155 Å².